The van der Waals surface area contributed by atoms with Gasteiger partial charge < -0.3 is 24.6 Å². The third-order valence-corrected chi connectivity index (χ3v) is 4.02. The number of amides is 1. The van der Waals surface area contributed by atoms with Crippen LogP contribution in [0.5, 0.6) is 11.5 Å². The minimum Gasteiger partial charge on any atom is -0.481 e. The maximum atomic E-state index is 12.2. The van der Waals surface area contributed by atoms with Gasteiger partial charge in [-0.2, -0.15) is 0 Å². The van der Waals surface area contributed by atoms with Crippen LogP contribution in [0, 0.1) is 5.92 Å². The third-order valence-electron chi connectivity index (χ3n) is 4.02. The molecule has 3 rings (SSSR count). The van der Waals surface area contributed by atoms with Crippen molar-refractivity contribution in [1.29, 1.82) is 0 Å². The number of aliphatic carboxylic acids is 1. The van der Waals surface area contributed by atoms with E-state index in [-0.39, 0.29) is 19.1 Å². The highest BCUT2D eigenvalue weighted by molar-refractivity contribution is 5.93. The van der Waals surface area contributed by atoms with E-state index in [2.05, 4.69) is 5.32 Å². The standard InChI is InChI=1S/C16H20N2O6/c19-15(17-12-1-2-13-14(8-12)24-10-23-13)7-11(16(20)21)9-18-3-5-22-6-4-18/h1-2,8,11H,3-7,9-10H2,(H,17,19)(H,20,21)/t11-/m1/s1. The lowest BCUT2D eigenvalue weighted by Gasteiger charge is -2.28. The van der Waals surface area contributed by atoms with E-state index in [4.69, 9.17) is 14.2 Å². The molecule has 8 heteroatoms. The quantitative estimate of drug-likeness (QED) is 0.792. The van der Waals surface area contributed by atoms with E-state index >= 15 is 0 Å². The minimum absolute atomic E-state index is 0.0822. The molecule has 8 nitrogen and oxygen atoms in total. The van der Waals surface area contributed by atoms with Crippen LogP contribution in [-0.2, 0) is 14.3 Å². The van der Waals surface area contributed by atoms with Gasteiger partial charge in [-0.05, 0) is 12.1 Å². The first-order chi connectivity index (χ1) is 11.6. The fourth-order valence-corrected chi connectivity index (χ4v) is 2.74. The number of hydrogen-bond acceptors (Lipinski definition) is 6. The summed E-state index contributed by atoms with van der Waals surface area (Å²) in [5.41, 5.74) is 0.555. The molecule has 0 bridgehead atoms. The van der Waals surface area contributed by atoms with E-state index in [0.717, 1.165) is 0 Å². The molecule has 1 amide bonds. The first-order valence-electron chi connectivity index (χ1n) is 7.84. The van der Waals surface area contributed by atoms with Crippen molar-refractivity contribution >= 4 is 17.6 Å². The van der Waals surface area contributed by atoms with Gasteiger partial charge in [-0.15, -0.1) is 0 Å². The summed E-state index contributed by atoms with van der Waals surface area (Å²) in [6, 6.07) is 5.07. The average Bonchev–Trinajstić information content (AvgIpc) is 3.02. The van der Waals surface area contributed by atoms with Gasteiger partial charge in [-0.3, -0.25) is 14.5 Å². The summed E-state index contributed by atoms with van der Waals surface area (Å²) < 4.78 is 15.7. The van der Waals surface area contributed by atoms with Gasteiger partial charge in [-0.25, -0.2) is 0 Å². The van der Waals surface area contributed by atoms with Gasteiger partial charge >= 0.3 is 5.97 Å². The Balaban J connectivity index is 1.56. The fourth-order valence-electron chi connectivity index (χ4n) is 2.74. The van der Waals surface area contributed by atoms with Crippen molar-refractivity contribution in [1.82, 2.24) is 4.90 Å². The molecule has 1 aromatic carbocycles. The van der Waals surface area contributed by atoms with Crippen LogP contribution in [0.1, 0.15) is 6.42 Å². The fraction of sp³-hybridized carbons (Fsp3) is 0.500. The zero-order valence-corrected chi connectivity index (χ0v) is 13.2. The van der Waals surface area contributed by atoms with Crippen molar-refractivity contribution < 1.29 is 28.9 Å². The molecule has 1 aromatic rings. The Morgan fingerprint density at radius 2 is 1.96 bits per heavy atom. The van der Waals surface area contributed by atoms with Gasteiger partial charge in [-0.1, -0.05) is 0 Å². The maximum Gasteiger partial charge on any atom is 0.308 e. The SMILES string of the molecule is O=C(C[C@H](CN1CCOCC1)C(=O)O)Nc1ccc2c(c1)OCO2. The highest BCUT2D eigenvalue weighted by Gasteiger charge is 2.25. The van der Waals surface area contributed by atoms with E-state index < -0.39 is 11.9 Å². The monoisotopic (exact) mass is 336 g/mol. The number of carboxylic acid groups (broad SMARTS) is 1. The average molecular weight is 336 g/mol. The number of nitrogens with zero attached hydrogens (tertiary/aromatic N) is 1. The molecule has 0 unspecified atom stereocenters. The van der Waals surface area contributed by atoms with Crippen LogP contribution < -0.4 is 14.8 Å². The largest absolute Gasteiger partial charge is 0.481 e. The van der Waals surface area contributed by atoms with E-state index in [9.17, 15) is 14.7 Å². The van der Waals surface area contributed by atoms with Crippen LogP contribution in [0.2, 0.25) is 0 Å². The summed E-state index contributed by atoms with van der Waals surface area (Å²) in [6.07, 6.45) is -0.0822. The summed E-state index contributed by atoms with van der Waals surface area (Å²) in [5.74, 6) is -0.867. The molecule has 0 aromatic heterocycles. The number of carbonyl (C=O) groups excluding carboxylic acids is 1. The summed E-state index contributed by atoms with van der Waals surface area (Å²) in [7, 11) is 0. The van der Waals surface area contributed by atoms with Gasteiger partial charge in [0, 0.05) is 37.8 Å². The second kappa shape index (κ2) is 7.50. The van der Waals surface area contributed by atoms with Gasteiger partial charge in [0.2, 0.25) is 12.7 Å². The number of ether oxygens (including phenoxy) is 3. The number of fused-ring (bicyclic) bond motifs is 1. The normalized spacial score (nSPS) is 18.2. The van der Waals surface area contributed by atoms with Gasteiger partial charge in [0.05, 0.1) is 19.1 Å². The van der Waals surface area contributed by atoms with Crippen molar-refractivity contribution in [3.05, 3.63) is 18.2 Å². The second-order valence-corrected chi connectivity index (χ2v) is 5.77. The highest BCUT2D eigenvalue weighted by atomic mass is 16.7. The van der Waals surface area contributed by atoms with Gasteiger partial charge in [0.15, 0.2) is 11.5 Å². The molecule has 2 heterocycles. The first kappa shape index (κ1) is 16.5. The summed E-state index contributed by atoms with van der Waals surface area (Å²) in [6.45, 7) is 3.06. The smallest absolute Gasteiger partial charge is 0.308 e. The topological polar surface area (TPSA) is 97.3 Å². The maximum absolute atomic E-state index is 12.2. The van der Waals surface area contributed by atoms with Crippen LogP contribution in [0.25, 0.3) is 0 Å². The predicted molar refractivity (Wildman–Crippen MR) is 84.2 cm³/mol. The Bertz CT molecular complexity index is 615. The van der Waals surface area contributed by atoms with Crippen LogP contribution in [0.15, 0.2) is 18.2 Å². The number of anilines is 1. The minimum atomic E-state index is -0.970. The van der Waals surface area contributed by atoms with Gasteiger partial charge in [0.1, 0.15) is 0 Å². The Labute approximate surface area is 139 Å². The van der Waals surface area contributed by atoms with Crippen LogP contribution in [0.4, 0.5) is 5.69 Å². The first-order valence-corrected chi connectivity index (χ1v) is 7.84. The van der Waals surface area contributed by atoms with E-state index in [0.29, 0.717) is 50.0 Å². The van der Waals surface area contributed by atoms with E-state index in [1.54, 1.807) is 18.2 Å². The molecule has 24 heavy (non-hydrogen) atoms. The Morgan fingerprint density at radius 1 is 1.21 bits per heavy atom. The molecule has 0 saturated carbocycles. The van der Waals surface area contributed by atoms with Crippen LogP contribution in [-0.4, -0.2) is 61.5 Å². The van der Waals surface area contributed by atoms with Crippen molar-refractivity contribution in [2.24, 2.45) is 5.92 Å². The zero-order chi connectivity index (χ0) is 16.9. The molecule has 130 valence electrons. The Kier molecular flexibility index (Phi) is 5.17. The lowest BCUT2D eigenvalue weighted by molar-refractivity contribution is -0.144. The van der Waals surface area contributed by atoms with E-state index in [1.807, 2.05) is 4.90 Å². The number of hydrogen-bond donors (Lipinski definition) is 2. The molecular weight excluding hydrogens is 316 g/mol. The molecule has 2 aliphatic heterocycles. The van der Waals surface area contributed by atoms with Crippen LogP contribution in [0.3, 0.4) is 0 Å². The van der Waals surface area contributed by atoms with Crippen molar-refractivity contribution in [3.8, 4) is 11.5 Å². The Hall–Kier alpha value is -2.32. The number of rotatable bonds is 6. The molecule has 2 N–H and O–H groups in total. The number of morpholine rings is 1. The lowest BCUT2D eigenvalue weighted by Crippen LogP contribution is -2.41. The molecule has 1 atom stereocenters. The molecule has 1 fully saturated rings. The van der Waals surface area contributed by atoms with Crippen molar-refractivity contribution in [3.63, 3.8) is 0 Å². The van der Waals surface area contributed by atoms with Crippen molar-refractivity contribution in [2.75, 3.05) is 45.0 Å². The number of nitrogens with one attached hydrogen (secondary N) is 1. The van der Waals surface area contributed by atoms with Gasteiger partial charge in [0.25, 0.3) is 0 Å². The summed E-state index contributed by atoms with van der Waals surface area (Å²) >= 11 is 0. The molecule has 0 spiro atoms. The molecule has 0 aliphatic carbocycles. The Morgan fingerprint density at radius 3 is 2.71 bits per heavy atom. The van der Waals surface area contributed by atoms with Crippen LogP contribution >= 0.6 is 0 Å². The number of carbonyl (C=O) groups is 2. The van der Waals surface area contributed by atoms with E-state index in [1.165, 1.54) is 0 Å². The number of carboxylic acids is 1. The number of benzene rings is 1. The summed E-state index contributed by atoms with van der Waals surface area (Å²) in [4.78, 5) is 25.6. The molecule has 1 saturated heterocycles. The zero-order valence-electron chi connectivity index (χ0n) is 13.2. The van der Waals surface area contributed by atoms with Crippen molar-refractivity contribution in [2.45, 2.75) is 6.42 Å². The highest BCUT2D eigenvalue weighted by Crippen LogP contribution is 2.34. The molecule has 0 radical (unpaired) electrons. The summed E-state index contributed by atoms with van der Waals surface area (Å²) in [5, 5.41) is 12.1. The third kappa shape index (κ3) is 4.15. The molecular formula is C16H20N2O6. The predicted octanol–water partition coefficient (Wildman–Crippen LogP) is 0.777. The molecule has 2 aliphatic rings. The lowest BCUT2D eigenvalue weighted by atomic mass is 10.0. The second-order valence-electron chi connectivity index (χ2n) is 5.77.